The Kier molecular flexibility index (Phi) is 12.4. The largest absolute Gasteiger partial charge is 0.379 e. The highest BCUT2D eigenvalue weighted by Gasteiger charge is 1.78. The van der Waals surface area contributed by atoms with Crippen LogP contribution in [0.25, 0.3) is 0 Å². The highest BCUT2D eigenvalue weighted by molar-refractivity contribution is 4.23. The van der Waals surface area contributed by atoms with Crippen molar-refractivity contribution in [3.63, 3.8) is 0 Å². The first-order chi connectivity index (χ1) is 3.68. The van der Waals surface area contributed by atoms with Gasteiger partial charge in [-0.05, 0) is 6.92 Å². The van der Waals surface area contributed by atoms with Gasteiger partial charge in [0.25, 0.3) is 0 Å². The van der Waals surface area contributed by atoms with Gasteiger partial charge in [0, 0.05) is 7.11 Å². The van der Waals surface area contributed by atoms with Gasteiger partial charge in [-0.25, -0.2) is 0 Å². The number of ether oxygens (including phenoxy) is 1. The molecule has 5 nitrogen and oxygen atoms in total. The maximum Gasteiger partial charge on any atom is 0.152 e. The first kappa shape index (κ1) is 10.3. The van der Waals surface area contributed by atoms with Crippen LogP contribution in [0.2, 0.25) is 0 Å². The SMILES string of the molecule is COC(C)N.O=NO. The van der Waals surface area contributed by atoms with Gasteiger partial charge in [-0.1, -0.05) is 0 Å². The molecular weight excluding hydrogens is 112 g/mol. The number of hydrogen-bond donors (Lipinski definition) is 2. The van der Waals surface area contributed by atoms with E-state index >= 15 is 0 Å². The van der Waals surface area contributed by atoms with E-state index in [1.807, 2.05) is 0 Å². The van der Waals surface area contributed by atoms with Crippen LogP contribution in [-0.2, 0) is 4.74 Å². The molecule has 0 amide bonds. The Bertz CT molecular complexity index is 47.8. The van der Waals surface area contributed by atoms with Gasteiger partial charge in [0.05, 0.1) is 0 Å². The third-order valence-electron chi connectivity index (χ3n) is 0.372. The van der Waals surface area contributed by atoms with Crippen molar-refractivity contribution in [3.05, 3.63) is 4.91 Å². The summed E-state index contributed by atoms with van der Waals surface area (Å²) in [6.07, 6.45) is -0.116. The van der Waals surface area contributed by atoms with Gasteiger partial charge in [0.1, 0.15) is 6.23 Å². The maximum atomic E-state index is 8.11. The molecule has 0 bridgehead atoms. The monoisotopic (exact) mass is 122 g/mol. The van der Waals surface area contributed by atoms with Crippen LogP contribution in [0, 0.1) is 4.91 Å². The molecule has 0 spiro atoms. The molecule has 0 radical (unpaired) electrons. The smallest absolute Gasteiger partial charge is 0.152 e. The molecule has 0 aromatic heterocycles. The van der Waals surface area contributed by atoms with Crippen molar-refractivity contribution in [1.29, 1.82) is 0 Å². The molecule has 50 valence electrons. The highest BCUT2D eigenvalue weighted by atomic mass is 16.6. The number of hydrogen-bond acceptors (Lipinski definition) is 4. The molecule has 0 aliphatic carbocycles. The summed E-state index contributed by atoms with van der Waals surface area (Å²) in [6, 6.07) is 0. The molecule has 5 heteroatoms. The molecule has 0 aliphatic heterocycles. The van der Waals surface area contributed by atoms with Crippen molar-refractivity contribution in [2.75, 3.05) is 7.11 Å². The van der Waals surface area contributed by atoms with Crippen molar-refractivity contribution in [1.82, 2.24) is 0 Å². The third-order valence-corrected chi connectivity index (χ3v) is 0.372. The molecule has 0 fully saturated rings. The van der Waals surface area contributed by atoms with E-state index in [0.29, 0.717) is 0 Å². The lowest BCUT2D eigenvalue weighted by molar-refractivity contribution is 0.124. The van der Waals surface area contributed by atoms with Crippen LogP contribution in [0.4, 0.5) is 0 Å². The second-order valence-electron chi connectivity index (χ2n) is 1.02. The summed E-state index contributed by atoms with van der Waals surface area (Å²) in [5.41, 5.74) is 5.07. The lowest BCUT2D eigenvalue weighted by Crippen LogP contribution is -2.15. The van der Waals surface area contributed by atoms with Gasteiger partial charge >= 0.3 is 0 Å². The first-order valence-corrected chi connectivity index (χ1v) is 1.94. The van der Waals surface area contributed by atoms with Gasteiger partial charge in [-0.2, -0.15) is 0 Å². The molecule has 0 saturated heterocycles. The summed E-state index contributed by atoms with van der Waals surface area (Å²) < 4.78 is 4.53. The lowest BCUT2D eigenvalue weighted by Gasteiger charge is -1.95. The van der Waals surface area contributed by atoms with Crippen LogP contribution in [0.5, 0.6) is 0 Å². The molecule has 1 unspecified atom stereocenters. The van der Waals surface area contributed by atoms with Crippen LogP contribution in [0.15, 0.2) is 5.34 Å². The van der Waals surface area contributed by atoms with Crippen molar-refractivity contribution >= 4 is 0 Å². The number of nitrogens with two attached hydrogens (primary N) is 1. The second kappa shape index (κ2) is 9.58. The second-order valence-corrected chi connectivity index (χ2v) is 1.02. The molecule has 3 N–H and O–H groups in total. The van der Waals surface area contributed by atoms with Gasteiger partial charge in [0.2, 0.25) is 0 Å². The number of nitrogens with zero attached hydrogens (tertiary/aromatic N) is 1. The van der Waals surface area contributed by atoms with Gasteiger partial charge in [-0.3, -0.25) is 0 Å². The van der Waals surface area contributed by atoms with Crippen LogP contribution < -0.4 is 5.73 Å². The molecule has 0 aromatic rings. The average molecular weight is 122 g/mol. The van der Waals surface area contributed by atoms with Gasteiger partial charge in [0.15, 0.2) is 5.34 Å². The quantitative estimate of drug-likeness (QED) is 0.293. The summed E-state index contributed by atoms with van der Waals surface area (Å²) in [6.45, 7) is 1.78. The van der Waals surface area contributed by atoms with E-state index in [0.717, 1.165) is 0 Å². The van der Waals surface area contributed by atoms with E-state index in [1.54, 1.807) is 14.0 Å². The Labute approximate surface area is 47.4 Å². The van der Waals surface area contributed by atoms with Crippen molar-refractivity contribution < 1.29 is 9.94 Å². The molecule has 0 rings (SSSR count). The Balaban J connectivity index is 0. The van der Waals surface area contributed by atoms with E-state index < -0.39 is 0 Å². The Morgan fingerprint density at radius 1 is 1.88 bits per heavy atom. The molecule has 0 heterocycles. The molecule has 1 atom stereocenters. The third kappa shape index (κ3) is 57.0. The van der Waals surface area contributed by atoms with Crippen LogP contribution in [-0.4, -0.2) is 18.5 Å². The Morgan fingerprint density at radius 2 is 2.00 bits per heavy atom. The predicted molar refractivity (Wildman–Crippen MR) is 28.2 cm³/mol. The average Bonchev–Trinajstić information content (AvgIpc) is 1.69. The van der Waals surface area contributed by atoms with Gasteiger partial charge < -0.3 is 15.7 Å². The maximum absolute atomic E-state index is 8.11. The Hall–Kier alpha value is -0.680. The topological polar surface area (TPSA) is 84.9 Å². The van der Waals surface area contributed by atoms with E-state index in [9.17, 15) is 0 Å². The molecule has 0 aromatic carbocycles. The zero-order valence-electron chi connectivity index (χ0n) is 4.87. The van der Waals surface area contributed by atoms with E-state index in [4.69, 9.17) is 15.8 Å². The van der Waals surface area contributed by atoms with Gasteiger partial charge in [-0.15, -0.1) is 4.91 Å². The van der Waals surface area contributed by atoms with Crippen molar-refractivity contribution in [3.8, 4) is 0 Å². The highest BCUT2D eigenvalue weighted by Crippen LogP contribution is 1.66. The molecular formula is C3H10N2O3. The predicted octanol–water partition coefficient (Wildman–Crippen LogP) is 0.0795. The normalized spacial score (nSPS) is 10.9. The van der Waals surface area contributed by atoms with Crippen molar-refractivity contribution in [2.24, 2.45) is 11.1 Å². The fourth-order valence-electron chi connectivity index (χ4n) is 0. The van der Waals surface area contributed by atoms with E-state index in [1.165, 1.54) is 5.34 Å². The van der Waals surface area contributed by atoms with E-state index in [-0.39, 0.29) is 6.23 Å². The van der Waals surface area contributed by atoms with Crippen LogP contribution >= 0.6 is 0 Å². The minimum atomic E-state index is -0.116. The zero-order valence-corrected chi connectivity index (χ0v) is 4.87. The molecule has 0 aliphatic rings. The minimum Gasteiger partial charge on any atom is -0.379 e. The lowest BCUT2D eigenvalue weighted by atomic mass is 10.7. The van der Waals surface area contributed by atoms with E-state index in [2.05, 4.69) is 4.74 Å². The molecule has 0 saturated carbocycles. The standard InChI is InChI=1S/C3H9NO.HNO2/c1-3(4)5-2;2-1-3/h3H,4H2,1-2H3;(H,2,3). The fourth-order valence-corrected chi connectivity index (χ4v) is 0. The number of methoxy groups -OCH3 is 1. The molecule has 8 heavy (non-hydrogen) atoms. The summed E-state index contributed by atoms with van der Waals surface area (Å²) in [4.78, 5) is 8.11. The summed E-state index contributed by atoms with van der Waals surface area (Å²) >= 11 is 0. The van der Waals surface area contributed by atoms with Crippen LogP contribution in [0.3, 0.4) is 0 Å². The summed E-state index contributed by atoms with van der Waals surface area (Å²) in [7, 11) is 1.57. The fraction of sp³-hybridized carbons (Fsp3) is 1.00. The van der Waals surface area contributed by atoms with Crippen LogP contribution in [0.1, 0.15) is 6.92 Å². The summed E-state index contributed by atoms with van der Waals surface area (Å²) in [5, 5.41) is 7.89. The minimum absolute atomic E-state index is 0.116. The Morgan fingerprint density at radius 3 is 2.00 bits per heavy atom. The van der Waals surface area contributed by atoms with Crippen molar-refractivity contribution in [2.45, 2.75) is 13.2 Å². The first-order valence-electron chi connectivity index (χ1n) is 1.94. The zero-order chi connectivity index (χ0) is 6.99. The summed E-state index contributed by atoms with van der Waals surface area (Å²) in [5.74, 6) is 0. The number of rotatable bonds is 1.